The first kappa shape index (κ1) is 14.4. The maximum absolute atomic E-state index is 13.6. The Morgan fingerprint density at radius 2 is 1.65 bits per heavy atom. The van der Waals surface area contributed by atoms with Gasteiger partial charge in [0.15, 0.2) is 17.4 Å². The molecular formula is C15H14F2O3. The van der Waals surface area contributed by atoms with Gasteiger partial charge in [0, 0.05) is 0 Å². The molecule has 0 heterocycles. The molecule has 0 saturated carbocycles. The zero-order valence-corrected chi connectivity index (χ0v) is 10.6. The van der Waals surface area contributed by atoms with Gasteiger partial charge in [-0.2, -0.15) is 0 Å². The van der Waals surface area contributed by atoms with Crippen LogP contribution < -0.4 is 4.74 Å². The molecule has 2 N–H and O–H groups in total. The smallest absolute Gasteiger partial charge is 0.190 e. The van der Waals surface area contributed by atoms with Crippen molar-refractivity contribution in [1.82, 2.24) is 0 Å². The average Bonchev–Trinajstić information content (AvgIpc) is 2.46. The van der Waals surface area contributed by atoms with Gasteiger partial charge >= 0.3 is 0 Å². The van der Waals surface area contributed by atoms with Crippen LogP contribution in [0.5, 0.6) is 5.75 Å². The highest BCUT2D eigenvalue weighted by Gasteiger charge is 2.15. The van der Waals surface area contributed by atoms with Crippen LogP contribution >= 0.6 is 0 Å². The summed E-state index contributed by atoms with van der Waals surface area (Å²) in [5.74, 6) is -2.37. The minimum absolute atomic E-state index is 0.121. The van der Waals surface area contributed by atoms with Gasteiger partial charge in [0.25, 0.3) is 0 Å². The highest BCUT2D eigenvalue weighted by atomic mass is 19.1. The van der Waals surface area contributed by atoms with Crippen molar-refractivity contribution in [2.24, 2.45) is 0 Å². The predicted octanol–water partition coefficient (Wildman–Crippen LogP) is 2.57. The van der Waals surface area contributed by atoms with E-state index in [1.54, 1.807) is 30.3 Å². The molecular weight excluding hydrogens is 266 g/mol. The number of halogens is 2. The Bertz CT molecular complexity index is 550. The van der Waals surface area contributed by atoms with Crippen LogP contribution in [-0.4, -0.2) is 16.8 Å². The number of aliphatic hydroxyl groups excluding tert-OH is 2. The summed E-state index contributed by atoms with van der Waals surface area (Å²) in [4.78, 5) is 0. The van der Waals surface area contributed by atoms with E-state index in [2.05, 4.69) is 0 Å². The van der Waals surface area contributed by atoms with Crippen LogP contribution in [0.25, 0.3) is 0 Å². The fourth-order valence-electron chi connectivity index (χ4n) is 1.78. The Kier molecular flexibility index (Phi) is 4.65. The molecule has 0 amide bonds. The topological polar surface area (TPSA) is 49.7 Å². The molecule has 0 aromatic heterocycles. The average molecular weight is 280 g/mol. The number of benzene rings is 2. The normalized spacial score (nSPS) is 12.2. The number of aliphatic hydroxyl groups is 2. The molecule has 0 aliphatic heterocycles. The molecule has 20 heavy (non-hydrogen) atoms. The quantitative estimate of drug-likeness (QED) is 0.885. The van der Waals surface area contributed by atoms with Gasteiger partial charge < -0.3 is 14.9 Å². The van der Waals surface area contributed by atoms with Gasteiger partial charge in [0.2, 0.25) is 0 Å². The molecule has 5 heteroatoms. The van der Waals surface area contributed by atoms with Crippen molar-refractivity contribution in [3.8, 4) is 5.75 Å². The molecule has 2 rings (SSSR count). The summed E-state index contributed by atoms with van der Waals surface area (Å²) in [5, 5.41) is 18.7. The SMILES string of the molecule is OCc1cc(F)c(OCC(O)c2ccccc2)c(F)c1. The molecule has 3 nitrogen and oxygen atoms in total. The summed E-state index contributed by atoms with van der Waals surface area (Å²) in [6.07, 6.45) is -0.979. The third kappa shape index (κ3) is 3.31. The van der Waals surface area contributed by atoms with Gasteiger partial charge in [0.1, 0.15) is 12.7 Å². The summed E-state index contributed by atoms with van der Waals surface area (Å²) in [6.45, 7) is -0.725. The molecule has 0 aliphatic rings. The third-order valence-corrected chi connectivity index (χ3v) is 2.81. The van der Waals surface area contributed by atoms with Crippen LogP contribution in [0.1, 0.15) is 17.2 Å². The number of hydrogen-bond acceptors (Lipinski definition) is 3. The highest BCUT2D eigenvalue weighted by molar-refractivity contribution is 5.31. The lowest BCUT2D eigenvalue weighted by atomic mass is 10.1. The van der Waals surface area contributed by atoms with E-state index in [-0.39, 0.29) is 12.2 Å². The Hall–Kier alpha value is -1.98. The fourth-order valence-corrected chi connectivity index (χ4v) is 1.78. The van der Waals surface area contributed by atoms with E-state index in [0.29, 0.717) is 5.56 Å². The first-order chi connectivity index (χ1) is 9.61. The third-order valence-electron chi connectivity index (χ3n) is 2.81. The summed E-state index contributed by atoms with van der Waals surface area (Å²) < 4.78 is 32.2. The van der Waals surface area contributed by atoms with Crippen LogP contribution in [0.3, 0.4) is 0 Å². The van der Waals surface area contributed by atoms with Crippen LogP contribution in [0.2, 0.25) is 0 Å². The fraction of sp³-hybridized carbons (Fsp3) is 0.200. The van der Waals surface area contributed by atoms with Crippen LogP contribution in [-0.2, 0) is 6.61 Å². The first-order valence-corrected chi connectivity index (χ1v) is 6.06. The van der Waals surface area contributed by atoms with E-state index >= 15 is 0 Å². The summed E-state index contributed by atoms with van der Waals surface area (Å²) in [6, 6.07) is 10.7. The lowest BCUT2D eigenvalue weighted by Crippen LogP contribution is -2.11. The summed E-state index contributed by atoms with van der Waals surface area (Å²) >= 11 is 0. The molecule has 1 atom stereocenters. The second-order valence-corrected chi connectivity index (χ2v) is 4.28. The Morgan fingerprint density at radius 3 is 2.20 bits per heavy atom. The van der Waals surface area contributed by atoms with Gasteiger partial charge in [0.05, 0.1) is 6.61 Å². The van der Waals surface area contributed by atoms with Gasteiger partial charge in [-0.1, -0.05) is 30.3 Å². The minimum Gasteiger partial charge on any atom is -0.484 e. The second kappa shape index (κ2) is 6.45. The van der Waals surface area contributed by atoms with Crippen molar-refractivity contribution >= 4 is 0 Å². The van der Waals surface area contributed by atoms with E-state index in [4.69, 9.17) is 9.84 Å². The maximum Gasteiger partial charge on any atom is 0.190 e. The molecule has 0 saturated heterocycles. The van der Waals surface area contributed by atoms with Crippen molar-refractivity contribution in [2.75, 3.05) is 6.61 Å². The molecule has 2 aromatic carbocycles. The maximum atomic E-state index is 13.6. The van der Waals surface area contributed by atoms with Gasteiger partial charge in [-0.05, 0) is 23.3 Å². The molecule has 0 bridgehead atoms. The lowest BCUT2D eigenvalue weighted by Gasteiger charge is -2.14. The lowest BCUT2D eigenvalue weighted by molar-refractivity contribution is 0.103. The Labute approximate surface area is 115 Å². The van der Waals surface area contributed by atoms with Gasteiger partial charge in [-0.15, -0.1) is 0 Å². The number of ether oxygens (including phenoxy) is 1. The summed E-state index contributed by atoms with van der Waals surface area (Å²) in [7, 11) is 0. The zero-order chi connectivity index (χ0) is 14.5. The standard InChI is InChI=1S/C15H14F2O3/c16-12-6-10(8-18)7-13(17)15(12)20-9-14(19)11-4-2-1-3-5-11/h1-7,14,18-19H,8-9H2. The van der Waals surface area contributed by atoms with E-state index in [9.17, 15) is 13.9 Å². The van der Waals surface area contributed by atoms with E-state index in [1.165, 1.54) is 0 Å². The summed E-state index contributed by atoms with van der Waals surface area (Å²) in [5.41, 5.74) is 0.719. The van der Waals surface area contributed by atoms with Crippen LogP contribution in [0.15, 0.2) is 42.5 Å². The molecule has 0 fully saturated rings. The van der Waals surface area contributed by atoms with Gasteiger partial charge in [-0.3, -0.25) is 0 Å². The molecule has 0 aliphatic carbocycles. The molecule has 1 unspecified atom stereocenters. The van der Waals surface area contributed by atoms with E-state index < -0.39 is 30.1 Å². The van der Waals surface area contributed by atoms with Crippen molar-refractivity contribution in [2.45, 2.75) is 12.7 Å². The van der Waals surface area contributed by atoms with Gasteiger partial charge in [-0.25, -0.2) is 8.78 Å². The molecule has 2 aromatic rings. The van der Waals surface area contributed by atoms with E-state index in [1.807, 2.05) is 0 Å². The molecule has 106 valence electrons. The number of rotatable bonds is 5. The highest BCUT2D eigenvalue weighted by Crippen LogP contribution is 2.25. The van der Waals surface area contributed by atoms with Crippen LogP contribution in [0, 0.1) is 11.6 Å². The zero-order valence-electron chi connectivity index (χ0n) is 10.6. The molecule has 0 radical (unpaired) electrons. The monoisotopic (exact) mass is 280 g/mol. The van der Waals surface area contributed by atoms with Crippen molar-refractivity contribution < 1.29 is 23.7 Å². The van der Waals surface area contributed by atoms with Crippen molar-refractivity contribution in [3.05, 3.63) is 65.2 Å². The van der Waals surface area contributed by atoms with Crippen LogP contribution in [0.4, 0.5) is 8.78 Å². The Balaban J connectivity index is 2.08. The minimum atomic E-state index is -0.979. The van der Waals surface area contributed by atoms with Crippen molar-refractivity contribution in [3.63, 3.8) is 0 Å². The Morgan fingerprint density at radius 1 is 1.05 bits per heavy atom. The van der Waals surface area contributed by atoms with Crippen molar-refractivity contribution in [1.29, 1.82) is 0 Å². The second-order valence-electron chi connectivity index (χ2n) is 4.28. The largest absolute Gasteiger partial charge is 0.484 e. The van der Waals surface area contributed by atoms with E-state index in [0.717, 1.165) is 12.1 Å². The number of hydrogen-bond donors (Lipinski definition) is 2. The first-order valence-electron chi connectivity index (χ1n) is 6.06. The predicted molar refractivity (Wildman–Crippen MR) is 69.2 cm³/mol. The molecule has 0 spiro atoms.